The summed E-state index contributed by atoms with van der Waals surface area (Å²) in [5, 5.41) is 0. The molecule has 0 aliphatic rings. The van der Waals surface area contributed by atoms with Gasteiger partial charge in [0.2, 0.25) is 0 Å². The minimum atomic E-state index is -8.85. The number of benzene rings is 1. The average molecular weight is 902 g/mol. The molecule has 0 aromatic heterocycles. The van der Waals surface area contributed by atoms with Crippen molar-refractivity contribution in [3.63, 3.8) is 0 Å². The second-order valence-corrected chi connectivity index (χ2v) is 10.1. The molecule has 0 atom stereocenters. The summed E-state index contributed by atoms with van der Waals surface area (Å²) in [6.07, 6.45) is -31.4. The van der Waals surface area contributed by atoms with Gasteiger partial charge in [-0.3, -0.25) is 0 Å². The van der Waals surface area contributed by atoms with E-state index in [1.54, 1.807) is 0 Å². The fourth-order valence-corrected chi connectivity index (χ4v) is 3.13. The van der Waals surface area contributed by atoms with Crippen molar-refractivity contribution in [1.82, 2.24) is 0 Å². The summed E-state index contributed by atoms with van der Waals surface area (Å²) in [6.45, 7) is 0. The Kier molecular flexibility index (Phi) is 11.9. The van der Waals surface area contributed by atoms with E-state index in [1.807, 2.05) is 0 Å². The van der Waals surface area contributed by atoms with Crippen LogP contribution in [0.2, 0.25) is 0 Å². The van der Waals surface area contributed by atoms with E-state index in [-0.39, 0.29) is 0 Å². The number of hydrogen-bond acceptors (Lipinski definition) is 4. The van der Waals surface area contributed by atoms with Gasteiger partial charge in [0.25, 0.3) is 0 Å². The van der Waals surface area contributed by atoms with Crippen LogP contribution in [0.5, 0.6) is 0 Å². The Bertz CT molecular complexity index is 1500. The maximum absolute atomic E-state index is 13.8. The smallest absolute Gasteiger partial charge is 0.392 e. The fourth-order valence-electron chi connectivity index (χ4n) is 3.13. The van der Waals surface area contributed by atoms with Crippen LogP contribution < -0.4 is 0 Å². The SMILES string of the molecule is O=C(OC(F)(F)C(F)(F)C(F)(F)C(F)(F)C(F)(F)C(F)(F)C(F)(F)F)c1ccc(C(=O)OC(F)(F)C(F)(F)C(F)(F)C(F)(F)C(F)(F)C(F)(F)C(F)(F)F)cc1. The summed E-state index contributed by atoms with van der Waals surface area (Å²) in [4.78, 5) is 23.3. The van der Waals surface area contributed by atoms with Gasteiger partial charge in [-0.1, -0.05) is 0 Å². The molecule has 0 unspecified atom stereocenters. The largest absolute Gasteiger partial charge is 0.473 e. The van der Waals surface area contributed by atoms with Crippen LogP contribution >= 0.6 is 0 Å². The first-order valence-corrected chi connectivity index (χ1v) is 12.2. The van der Waals surface area contributed by atoms with Gasteiger partial charge in [0.1, 0.15) is 0 Å². The summed E-state index contributed by atoms with van der Waals surface area (Å²) >= 11 is 0. The van der Waals surface area contributed by atoms with Crippen molar-refractivity contribution in [2.75, 3.05) is 0 Å². The maximum Gasteiger partial charge on any atom is 0.473 e. The standard InChI is InChI=1S/C22H4F30O4/c23-9(24,11(27,28)15(35,36)19(43,44)45)13(31,32)17(39,40)21(49,50)55-7(53)5-1-2-6(4-3-5)8(54)56-22(51,52)18(41,42)14(33,34)10(25,26)12(29,30)16(37,38)20(46,47)48/h1-4H. The molecule has 0 fully saturated rings. The van der Waals surface area contributed by atoms with Gasteiger partial charge in [0.05, 0.1) is 11.1 Å². The van der Waals surface area contributed by atoms with Gasteiger partial charge in [-0.05, 0) is 24.3 Å². The number of halogens is 30. The zero-order valence-electron chi connectivity index (χ0n) is 24.3. The predicted octanol–water partition coefficient (Wildman–Crippen LogP) is 10.7. The number of esters is 2. The molecule has 0 amide bonds. The van der Waals surface area contributed by atoms with Crippen molar-refractivity contribution >= 4 is 11.9 Å². The van der Waals surface area contributed by atoms with E-state index in [0.29, 0.717) is 0 Å². The van der Waals surface area contributed by atoms with Gasteiger partial charge in [-0.15, -0.1) is 0 Å². The summed E-state index contributed by atoms with van der Waals surface area (Å²) < 4.78 is 401. The molecule has 34 heteroatoms. The van der Waals surface area contributed by atoms with Crippen LogP contribution in [0.15, 0.2) is 24.3 Å². The van der Waals surface area contributed by atoms with Crippen LogP contribution in [0.1, 0.15) is 20.7 Å². The van der Waals surface area contributed by atoms with Crippen molar-refractivity contribution in [2.24, 2.45) is 0 Å². The number of carbonyl (C=O) groups is 2. The summed E-state index contributed by atoms with van der Waals surface area (Å²) in [6, 6.07) is -2.24. The van der Waals surface area contributed by atoms with Crippen molar-refractivity contribution in [3.05, 3.63) is 35.4 Å². The molecule has 0 aliphatic heterocycles. The Labute approximate surface area is 283 Å². The molecule has 0 N–H and O–H groups in total. The summed E-state index contributed by atoms with van der Waals surface area (Å²) in [5.41, 5.74) is -4.12. The van der Waals surface area contributed by atoms with Crippen molar-refractivity contribution in [3.8, 4) is 0 Å². The van der Waals surface area contributed by atoms with E-state index in [2.05, 4.69) is 9.47 Å². The minimum Gasteiger partial charge on any atom is -0.392 e. The Balaban J connectivity index is 3.45. The van der Waals surface area contributed by atoms with E-state index in [9.17, 15) is 141 Å². The lowest BCUT2D eigenvalue weighted by Gasteiger charge is -2.40. The topological polar surface area (TPSA) is 52.6 Å². The lowest BCUT2D eigenvalue weighted by Crippen LogP contribution is -2.73. The molecule has 0 heterocycles. The number of alkyl halides is 30. The molecule has 0 aliphatic carbocycles. The monoisotopic (exact) mass is 902 g/mol. The predicted molar refractivity (Wildman–Crippen MR) is 109 cm³/mol. The molecule has 1 aromatic carbocycles. The second-order valence-electron chi connectivity index (χ2n) is 10.1. The maximum atomic E-state index is 13.8. The van der Waals surface area contributed by atoms with Crippen molar-refractivity contribution < 1.29 is 151 Å². The van der Waals surface area contributed by atoms with Gasteiger partial charge in [-0.25, -0.2) is 9.59 Å². The first-order chi connectivity index (χ1) is 24.0. The second kappa shape index (κ2) is 13.3. The Morgan fingerprint density at radius 2 is 0.446 bits per heavy atom. The molecule has 0 radical (unpaired) electrons. The normalized spacial score (nSPS) is 15.8. The lowest BCUT2D eigenvalue weighted by molar-refractivity contribution is -0.467. The van der Waals surface area contributed by atoms with Gasteiger partial charge < -0.3 is 9.47 Å². The first kappa shape index (κ1) is 50.1. The third-order valence-corrected chi connectivity index (χ3v) is 6.40. The van der Waals surface area contributed by atoms with E-state index >= 15 is 0 Å². The molecule has 0 spiro atoms. The van der Waals surface area contributed by atoms with Gasteiger partial charge >= 0.3 is 95.7 Å². The highest BCUT2D eigenvalue weighted by Crippen LogP contribution is 2.64. The van der Waals surface area contributed by atoms with Gasteiger partial charge in [0, 0.05) is 0 Å². The quantitative estimate of drug-likeness (QED) is 0.138. The molecule has 0 bridgehead atoms. The van der Waals surface area contributed by atoms with Crippen LogP contribution in [0.4, 0.5) is 132 Å². The lowest BCUT2D eigenvalue weighted by atomic mass is 9.93. The Hall–Kier alpha value is -3.94. The molecule has 1 aromatic rings. The minimum absolute atomic E-state index is 0.559. The number of hydrogen-bond donors (Lipinski definition) is 0. The number of rotatable bonds is 14. The Morgan fingerprint density at radius 1 is 0.286 bits per heavy atom. The van der Waals surface area contributed by atoms with Crippen molar-refractivity contribution in [1.29, 1.82) is 0 Å². The molecule has 56 heavy (non-hydrogen) atoms. The zero-order valence-corrected chi connectivity index (χ0v) is 24.3. The van der Waals surface area contributed by atoms with Crippen LogP contribution in [0, 0.1) is 0 Å². The fraction of sp³-hybridized carbons (Fsp3) is 0.636. The molecular formula is C22H4F30O4. The first-order valence-electron chi connectivity index (χ1n) is 12.2. The number of ether oxygens (including phenoxy) is 2. The van der Waals surface area contributed by atoms with E-state index in [1.165, 1.54) is 0 Å². The van der Waals surface area contributed by atoms with Crippen LogP contribution in [0.25, 0.3) is 0 Å². The molecule has 0 saturated heterocycles. The van der Waals surface area contributed by atoms with E-state index < -0.39 is 131 Å². The van der Waals surface area contributed by atoms with Crippen LogP contribution in [0.3, 0.4) is 0 Å². The highest BCUT2D eigenvalue weighted by atomic mass is 19.4. The van der Waals surface area contributed by atoms with Gasteiger partial charge in [-0.2, -0.15) is 132 Å². The third kappa shape index (κ3) is 6.91. The molecule has 4 nitrogen and oxygen atoms in total. The van der Waals surface area contributed by atoms with Crippen molar-refractivity contribution in [2.45, 2.75) is 83.8 Å². The highest BCUT2D eigenvalue weighted by molar-refractivity contribution is 5.93. The zero-order chi connectivity index (χ0) is 45.6. The van der Waals surface area contributed by atoms with Crippen LogP contribution in [-0.2, 0) is 9.47 Å². The average Bonchev–Trinajstić information content (AvgIpc) is 2.98. The van der Waals surface area contributed by atoms with E-state index in [0.717, 1.165) is 0 Å². The number of carbonyl (C=O) groups excluding carboxylic acids is 2. The molecule has 326 valence electrons. The van der Waals surface area contributed by atoms with Crippen LogP contribution in [-0.4, -0.2) is 95.7 Å². The van der Waals surface area contributed by atoms with Gasteiger partial charge in [0.15, 0.2) is 0 Å². The Morgan fingerprint density at radius 3 is 0.625 bits per heavy atom. The third-order valence-electron chi connectivity index (χ3n) is 6.40. The summed E-state index contributed by atoms with van der Waals surface area (Å²) in [5.74, 6) is -93.2. The highest BCUT2D eigenvalue weighted by Gasteiger charge is 2.95. The molecular weight excluding hydrogens is 898 g/mol. The summed E-state index contributed by atoms with van der Waals surface area (Å²) in [7, 11) is 0. The molecule has 1 rings (SSSR count). The van der Waals surface area contributed by atoms with E-state index in [4.69, 9.17) is 0 Å². The molecule has 0 saturated carbocycles.